The minimum absolute atomic E-state index is 0.245. The van der Waals surface area contributed by atoms with Crippen molar-refractivity contribution in [3.63, 3.8) is 0 Å². The largest absolute Gasteiger partial charge is 0.496 e. The van der Waals surface area contributed by atoms with Crippen LogP contribution in [0.3, 0.4) is 0 Å². The van der Waals surface area contributed by atoms with E-state index in [2.05, 4.69) is 58.5 Å². The summed E-state index contributed by atoms with van der Waals surface area (Å²) in [5, 5.41) is 3.55. The molecular formula is C17H20BrNO. The Labute approximate surface area is 129 Å². The van der Waals surface area contributed by atoms with Gasteiger partial charge >= 0.3 is 0 Å². The Morgan fingerprint density at radius 3 is 2.55 bits per heavy atom. The average molecular weight is 334 g/mol. The molecule has 0 radical (unpaired) electrons. The molecule has 0 aromatic heterocycles. The number of nitrogens with one attached hydrogen (secondary N) is 1. The zero-order chi connectivity index (χ0) is 14.4. The van der Waals surface area contributed by atoms with Crippen LogP contribution in [0.15, 0.2) is 53.0 Å². The fourth-order valence-electron chi connectivity index (χ4n) is 2.37. The Morgan fingerprint density at radius 2 is 1.90 bits per heavy atom. The van der Waals surface area contributed by atoms with Crippen molar-refractivity contribution in [2.24, 2.45) is 0 Å². The predicted octanol–water partition coefficient (Wildman–Crippen LogP) is 4.35. The molecule has 2 rings (SSSR count). The molecule has 2 nitrogen and oxygen atoms in total. The van der Waals surface area contributed by atoms with Crippen LogP contribution in [0.2, 0.25) is 0 Å². The van der Waals surface area contributed by atoms with Gasteiger partial charge in [0.2, 0.25) is 0 Å². The molecule has 0 saturated heterocycles. The number of likely N-dealkylation sites (N-methyl/N-ethyl adjacent to an activating group) is 1. The van der Waals surface area contributed by atoms with E-state index in [1.807, 2.05) is 18.2 Å². The summed E-state index contributed by atoms with van der Waals surface area (Å²) in [6.07, 6.45) is 0.946. The maximum absolute atomic E-state index is 5.50. The summed E-state index contributed by atoms with van der Waals surface area (Å²) in [4.78, 5) is 0. The Balaban J connectivity index is 2.30. The molecule has 0 aliphatic heterocycles. The molecule has 0 saturated carbocycles. The first-order valence-electron chi connectivity index (χ1n) is 6.85. The predicted molar refractivity (Wildman–Crippen MR) is 87.3 cm³/mol. The maximum atomic E-state index is 5.50. The molecule has 2 aromatic carbocycles. The molecule has 1 atom stereocenters. The number of methoxy groups -OCH3 is 1. The van der Waals surface area contributed by atoms with Crippen LogP contribution in [0.4, 0.5) is 0 Å². The van der Waals surface area contributed by atoms with Crippen molar-refractivity contribution in [1.82, 2.24) is 5.32 Å². The molecule has 1 N–H and O–H groups in total. The molecule has 1 unspecified atom stereocenters. The number of benzene rings is 2. The van der Waals surface area contributed by atoms with Crippen molar-refractivity contribution < 1.29 is 4.74 Å². The van der Waals surface area contributed by atoms with Crippen molar-refractivity contribution in [3.8, 4) is 5.75 Å². The fraction of sp³-hybridized carbons (Fsp3) is 0.294. The highest BCUT2D eigenvalue weighted by atomic mass is 79.9. The summed E-state index contributed by atoms with van der Waals surface area (Å²) >= 11 is 3.55. The minimum atomic E-state index is 0.245. The highest BCUT2D eigenvalue weighted by Gasteiger charge is 2.16. The zero-order valence-electron chi connectivity index (χ0n) is 11.9. The first-order valence-corrected chi connectivity index (χ1v) is 7.64. The van der Waals surface area contributed by atoms with E-state index in [-0.39, 0.29) is 6.04 Å². The van der Waals surface area contributed by atoms with Gasteiger partial charge in [0.15, 0.2) is 0 Å². The van der Waals surface area contributed by atoms with Crippen molar-refractivity contribution >= 4 is 15.9 Å². The normalized spacial score (nSPS) is 12.2. The standard InChI is InChI=1S/C17H20BrNO/c1-3-19-16(11-13-7-5-4-6-8-13)15-12-14(18)9-10-17(15)20-2/h4-10,12,16,19H,3,11H2,1-2H3. The van der Waals surface area contributed by atoms with Crippen LogP contribution >= 0.6 is 15.9 Å². The lowest BCUT2D eigenvalue weighted by Crippen LogP contribution is -2.23. The average Bonchev–Trinajstić information content (AvgIpc) is 2.48. The van der Waals surface area contributed by atoms with Crippen LogP contribution in [0.5, 0.6) is 5.75 Å². The van der Waals surface area contributed by atoms with E-state index in [4.69, 9.17) is 4.74 Å². The van der Waals surface area contributed by atoms with Gasteiger partial charge in [-0.25, -0.2) is 0 Å². The van der Waals surface area contributed by atoms with E-state index in [0.29, 0.717) is 0 Å². The van der Waals surface area contributed by atoms with Crippen molar-refractivity contribution in [2.45, 2.75) is 19.4 Å². The summed E-state index contributed by atoms with van der Waals surface area (Å²) in [6.45, 7) is 3.05. The summed E-state index contributed by atoms with van der Waals surface area (Å²) in [5.74, 6) is 0.926. The van der Waals surface area contributed by atoms with Crippen LogP contribution in [-0.2, 0) is 6.42 Å². The molecular weight excluding hydrogens is 314 g/mol. The van der Waals surface area contributed by atoms with E-state index in [9.17, 15) is 0 Å². The molecule has 0 amide bonds. The van der Waals surface area contributed by atoms with Gasteiger partial charge in [-0.1, -0.05) is 53.2 Å². The Bertz CT molecular complexity index is 542. The number of halogens is 1. The van der Waals surface area contributed by atoms with Gasteiger partial charge in [0.1, 0.15) is 5.75 Å². The molecule has 20 heavy (non-hydrogen) atoms. The van der Waals surface area contributed by atoms with Crippen molar-refractivity contribution in [1.29, 1.82) is 0 Å². The fourth-order valence-corrected chi connectivity index (χ4v) is 2.74. The van der Waals surface area contributed by atoms with E-state index in [0.717, 1.165) is 23.2 Å². The summed E-state index contributed by atoms with van der Waals surface area (Å²) in [5.41, 5.74) is 2.51. The second-order valence-electron chi connectivity index (χ2n) is 4.69. The van der Waals surface area contributed by atoms with Gasteiger partial charge in [-0.2, -0.15) is 0 Å². The molecule has 106 valence electrons. The van der Waals surface area contributed by atoms with Crippen LogP contribution in [0.25, 0.3) is 0 Å². The molecule has 3 heteroatoms. The zero-order valence-corrected chi connectivity index (χ0v) is 13.5. The molecule has 0 spiro atoms. The first-order chi connectivity index (χ1) is 9.74. The molecule has 2 aromatic rings. The Morgan fingerprint density at radius 1 is 1.15 bits per heavy atom. The smallest absolute Gasteiger partial charge is 0.123 e. The highest BCUT2D eigenvalue weighted by Crippen LogP contribution is 2.30. The number of hydrogen-bond acceptors (Lipinski definition) is 2. The van der Waals surface area contributed by atoms with Gasteiger partial charge in [-0.3, -0.25) is 0 Å². The van der Waals surface area contributed by atoms with E-state index < -0.39 is 0 Å². The Kier molecular flexibility index (Phi) is 5.62. The topological polar surface area (TPSA) is 21.3 Å². The van der Waals surface area contributed by atoms with Gasteiger partial charge < -0.3 is 10.1 Å². The lowest BCUT2D eigenvalue weighted by atomic mass is 9.98. The van der Waals surface area contributed by atoms with Crippen LogP contribution in [0.1, 0.15) is 24.1 Å². The second-order valence-corrected chi connectivity index (χ2v) is 5.60. The summed E-state index contributed by atoms with van der Waals surface area (Å²) < 4.78 is 6.58. The van der Waals surface area contributed by atoms with Crippen LogP contribution in [-0.4, -0.2) is 13.7 Å². The number of rotatable bonds is 6. The van der Waals surface area contributed by atoms with Gasteiger partial charge in [0, 0.05) is 16.1 Å². The van der Waals surface area contributed by atoms with Gasteiger partial charge in [0.05, 0.1) is 7.11 Å². The summed E-state index contributed by atoms with van der Waals surface area (Å²) in [7, 11) is 1.72. The van der Waals surface area contributed by atoms with Crippen LogP contribution in [0, 0.1) is 0 Å². The third kappa shape index (κ3) is 3.84. The lowest BCUT2D eigenvalue weighted by Gasteiger charge is -2.21. The van der Waals surface area contributed by atoms with Gasteiger partial charge in [0.25, 0.3) is 0 Å². The molecule has 0 aliphatic carbocycles. The van der Waals surface area contributed by atoms with Gasteiger partial charge in [-0.05, 0) is 36.7 Å². The van der Waals surface area contributed by atoms with E-state index in [1.54, 1.807) is 7.11 Å². The highest BCUT2D eigenvalue weighted by molar-refractivity contribution is 9.10. The maximum Gasteiger partial charge on any atom is 0.123 e. The molecule has 0 fully saturated rings. The van der Waals surface area contributed by atoms with E-state index in [1.165, 1.54) is 11.1 Å². The number of ether oxygens (including phenoxy) is 1. The second kappa shape index (κ2) is 7.46. The van der Waals surface area contributed by atoms with Gasteiger partial charge in [-0.15, -0.1) is 0 Å². The Hall–Kier alpha value is -1.32. The van der Waals surface area contributed by atoms with E-state index >= 15 is 0 Å². The summed E-state index contributed by atoms with van der Waals surface area (Å²) in [6, 6.07) is 16.9. The van der Waals surface area contributed by atoms with Crippen molar-refractivity contribution in [2.75, 3.05) is 13.7 Å². The molecule has 0 heterocycles. The third-order valence-corrected chi connectivity index (χ3v) is 3.79. The lowest BCUT2D eigenvalue weighted by molar-refractivity contribution is 0.399. The monoisotopic (exact) mass is 333 g/mol. The quantitative estimate of drug-likeness (QED) is 0.848. The third-order valence-electron chi connectivity index (χ3n) is 3.30. The SMILES string of the molecule is CCNC(Cc1ccccc1)c1cc(Br)ccc1OC. The van der Waals surface area contributed by atoms with Crippen LogP contribution < -0.4 is 10.1 Å². The first kappa shape index (κ1) is 15.1. The number of hydrogen-bond donors (Lipinski definition) is 1. The molecule has 0 aliphatic rings. The molecule has 0 bridgehead atoms. The minimum Gasteiger partial charge on any atom is -0.496 e. The van der Waals surface area contributed by atoms with Crippen molar-refractivity contribution in [3.05, 3.63) is 64.1 Å².